The molecule has 0 bridgehead atoms. The van der Waals surface area contributed by atoms with Crippen LogP contribution in [-0.2, 0) is 6.61 Å². The molecule has 0 aliphatic heterocycles. The number of hydrogen-bond donors (Lipinski definition) is 0. The molecular formula is C7H6Li2O. The average molecular weight is 120 g/mol. The van der Waals surface area contributed by atoms with Gasteiger partial charge in [-0.05, 0) is 0 Å². The first kappa shape index (κ1) is 13.0. The van der Waals surface area contributed by atoms with Gasteiger partial charge in [0.15, 0.2) is 0 Å². The summed E-state index contributed by atoms with van der Waals surface area (Å²) in [6, 6.07) is 9.90. The zero-order valence-corrected chi connectivity index (χ0v) is 6.42. The predicted octanol–water partition coefficient (Wildman–Crippen LogP) is -5.64. The van der Waals surface area contributed by atoms with Crippen molar-refractivity contribution < 1.29 is 42.8 Å². The van der Waals surface area contributed by atoms with Gasteiger partial charge >= 0.3 is 37.7 Å². The Bertz CT molecular complexity index is 153. The van der Waals surface area contributed by atoms with Crippen molar-refractivity contribution in [2.75, 3.05) is 0 Å². The quantitative estimate of drug-likeness (QED) is 0.267. The maximum atomic E-state index is 10.1. The molecule has 0 aliphatic rings. The van der Waals surface area contributed by atoms with E-state index in [1.807, 2.05) is 6.07 Å². The van der Waals surface area contributed by atoms with Gasteiger partial charge in [0.2, 0.25) is 0 Å². The Hall–Kier alpha value is 0.375. The van der Waals surface area contributed by atoms with E-state index >= 15 is 0 Å². The SMILES string of the molecule is [Li+].[Li+].[O-]Cc1c[c-]ccc1. The molecule has 0 heterocycles. The molecule has 1 aromatic rings. The zero-order valence-electron chi connectivity index (χ0n) is 6.42. The van der Waals surface area contributed by atoms with E-state index in [4.69, 9.17) is 0 Å². The molecule has 0 unspecified atom stereocenters. The van der Waals surface area contributed by atoms with Crippen molar-refractivity contribution in [2.45, 2.75) is 6.61 Å². The van der Waals surface area contributed by atoms with Crippen LogP contribution in [0.5, 0.6) is 0 Å². The number of benzene rings is 1. The number of hydrogen-bond acceptors (Lipinski definition) is 1. The van der Waals surface area contributed by atoms with Gasteiger partial charge in [-0.3, -0.25) is 0 Å². The van der Waals surface area contributed by atoms with E-state index in [0.29, 0.717) is 0 Å². The zero-order chi connectivity index (χ0) is 5.82. The molecule has 10 heavy (non-hydrogen) atoms. The van der Waals surface area contributed by atoms with Crippen molar-refractivity contribution in [2.24, 2.45) is 0 Å². The molecule has 0 amide bonds. The fourth-order valence-corrected chi connectivity index (χ4v) is 0.520. The number of rotatable bonds is 1. The summed E-state index contributed by atoms with van der Waals surface area (Å²) in [7, 11) is 0. The van der Waals surface area contributed by atoms with Gasteiger partial charge < -0.3 is 5.11 Å². The van der Waals surface area contributed by atoms with E-state index in [2.05, 4.69) is 6.07 Å². The summed E-state index contributed by atoms with van der Waals surface area (Å²) in [5, 5.41) is 10.1. The Kier molecular flexibility index (Phi) is 9.73. The van der Waals surface area contributed by atoms with Gasteiger partial charge in [-0.15, -0.1) is 0 Å². The van der Waals surface area contributed by atoms with Crippen LogP contribution in [0, 0.1) is 6.07 Å². The molecule has 0 saturated heterocycles. The Morgan fingerprint density at radius 3 is 2.40 bits per heavy atom. The second-order valence-corrected chi connectivity index (χ2v) is 1.56. The minimum absolute atomic E-state index is 0. The van der Waals surface area contributed by atoms with Gasteiger partial charge in [0.1, 0.15) is 0 Å². The average Bonchev–Trinajstić information content (AvgIpc) is 1.90. The summed E-state index contributed by atoms with van der Waals surface area (Å²) in [4.78, 5) is 0. The van der Waals surface area contributed by atoms with Gasteiger partial charge in [-0.25, -0.2) is 0 Å². The molecule has 0 fully saturated rings. The molecule has 0 atom stereocenters. The Morgan fingerprint density at radius 1 is 1.40 bits per heavy atom. The monoisotopic (exact) mass is 120 g/mol. The molecule has 0 spiro atoms. The summed E-state index contributed by atoms with van der Waals surface area (Å²) < 4.78 is 0. The summed E-state index contributed by atoms with van der Waals surface area (Å²) in [6.07, 6.45) is 0. The minimum atomic E-state index is -0.142. The third-order valence-corrected chi connectivity index (χ3v) is 0.938. The first-order chi connectivity index (χ1) is 3.93. The van der Waals surface area contributed by atoms with E-state index in [0.717, 1.165) is 5.56 Å². The maximum Gasteiger partial charge on any atom is 1.00 e. The summed E-state index contributed by atoms with van der Waals surface area (Å²) in [6.45, 7) is -0.142. The van der Waals surface area contributed by atoms with Crippen LogP contribution in [0.2, 0.25) is 0 Å². The Balaban J connectivity index is 0. The van der Waals surface area contributed by atoms with E-state index < -0.39 is 0 Å². The fourth-order valence-electron chi connectivity index (χ4n) is 0.520. The summed E-state index contributed by atoms with van der Waals surface area (Å²) in [5.74, 6) is 0. The molecule has 0 N–H and O–H groups in total. The van der Waals surface area contributed by atoms with Crippen molar-refractivity contribution in [3.63, 3.8) is 0 Å². The van der Waals surface area contributed by atoms with Crippen LogP contribution < -0.4 is 42.8 Å². The van der Waals surface area contributed by atoms with Crippen LogP contribution in [-0.4, -0.2) is 0 Å². The molecule has 1 rings (SSSR count). The molecule has 0 radical (unpaired) electrons. The minimum Gasteiger partial charge on any atom is -0.860 e. The van der Waals surface area contributed by atoms with Crippen molar-refractivity contribution in [3.05, 3.63) is 35.9 Å². The van der Waals surface area contributed by atoms with E-state index in [1.165, 1.54) is 0 Å². The molecule has 0 aromatic heterocycles. The standard InChI is InChI=1S/C7H6O.2Li/c8-6-7-4-2-1-3-5-7;;/h1-2,4-5H,6H2;;/q-2;2*+1. The maximum absolute atomic E-state index is 10.1. The van der Waals surface area contributed by atoms with Gasteiger partial charge in [0.25, 0.3) is 0 Å². The molecule has 42 valence electrons. The van der Waals surface area contributed by atoms with Crippen LogP contribution in [0.25, 0.3) is 0 Å². The van der Waals surface area contributed by atoms with Crippen molar-refractivity contribution in [1.82, 2.24) is 0 Å². The fraction of sp³-hybridized carbons (Fsp3) is 0.143. The first-order valence-electron chi connectivity index (χ1n) is 2.46. The van der Waals surface area contributed by atoms with Crippen LogP contribution in [0.15, 0.2) is 24.3 Å². The summed E-state index contributed by atoms with van der Waals surface area (Å²) in [5.41, 5.74) is 0.799. The van der Waals surface area contributed by atoms with Crippen LogP contribution in [0.1, 0.15) is 5.56 Å². The Labute approximate surface area is 85.2 Å². The van der Waals surface area contributed by atoms with Crippen molar-refractivity contribution >= 4 is 0 Å². The topological polar surface area (TPSA) is 23.1 Å². The molecule has 3 heteroatoms. The second-order valence-electron chi connectivity index (χ2n) is 1.56. The molecule has 1 nitrogen and oxygen atoms in total. The van der Waals surface area contributed by atoms with E-state index in [9.17, 15) is 5.11 Å². The van der Waals surface area contributed by atoms with Crippen LogP contribution in [0.3, 0.4) is 0 Å². The smallest absolute Gasteiger partial charge is 0.860 e. The third-order valence-electron chi connectivity index (χ3n) is 0.938. The molecule has 0 aliphatic carbocycles. The molecule has 1 aromatic carbocycles. The first-order valence-corrected chi connectivity index (χ1v) is 2.46. The van der Waals surface area contributed by atoms with Crippen LogP contribution >= 0.6 is 0 Å². The third kappa shape index (κ3) is 4.23. The largest absolute Gasteiger partial charge is 1.00 e. The van der Waals surface area contributed by atoms with Gasteiger partial charge in [0, 0.05) is 0 Å². The van der Waals surface area contributed by atoms with Crippen molar-refractivity contribution in [1.29, 1.82) is 0 Å². The Morgan fingerprint density at radius 2 is 2.10 bits per heavy atom. The molecule has 0 saturated carbocycles. The van der Waals surface area contributed by atoms with Gasteiger partial charge in [-0.1, -0.05) is 0 Å². The van der Waals surface area contributed by atoms with E-state index in [-0.39, 0.29) is 44.3 Å². The van der Waals surface area contributed by atoms with E-state index in [1.54, 1.807) is 18.2 Å². The second kappa shape index (κ2) is 7.48. The summed E-state index contributed by atoms with van der Waals surface area (Å²) >= 11 is 0. The molecular weight excluding hydrogens is 114 g/mol. The van der Waals surface area contributed by atoms with Gasteiger partial charge in [0.05, 0.1) is 0 Å². The normalized spacial score (nSPS) is 7.30. The van der Waals surface area contributed by atoms with Crippen molar-refractivity contribution in [3.8, 4) is 0 Å². The van der Waals surface area contributed by atoms with Gasteiger partial charge in [-0.2, -0.15) is 42.5 Å². The predicted molar refractivity (Wildman–Crippen MR) is 29.0 cm³/mol. The van der Waals surface area contributed by atoms with Crippen LogP contribution in [0.4, 0.5) is 0 Å².